The summed E-state index contributed by atoms with van der Waals surface area (Å²) >= 11 is 3.42. The number of hydrogen-bond donors (Lipinski definition) is 1. The van der Waals surface area contributed by atoms with Gasteiger partial charge in [-0.05, 0) is 32.0 Å². The number of ether oxygens (including phenoxy) is 1. The fourth-order valence-corrected chi connectivity index (χ4v) is 1.72. The second-order valence-corrected chi connectivity index (χ2v) is 4.41. The van der Waals surface area contributed by atoms with Crippen molar-refractivity contribution in [2.75, 3.05) is 6.61 Å². The van der Waals surface area contributed by atoms with Crippen molar-refractivity contribution in [1.82, 2.24) is 0 Å². The zero-order valence-corrected chi connectivity index (χ0v) is 11.2. The monoisotopic (exact) mass is 281 g/mol. The Labute approximate surface area is 105 Å². The summed E-state index contributed by atoms with van der Waals surface area (Å²) in [5, 5.41) is 0. The first kappa shape index (κ1) is 13.1. The highest BCUT2D eigenvalue weighted by Gasteiger charge is 2.08. The van der Waals surface area contributed by atoms with E-state index in [2.05, 4.69) is 27.8 Å². The first-order valence-electron chi connectivity index (χ1n) is 5.22. The van der Waals surface area contributed by atoms with E-state index in [1.165, 1.54) is 0 Å². The van der Waals surface area contributed by atoms with Gasteiger partial charge in [0.25, 0.3) is 0 Å². The standard InChI is InChI=1S/C13H16BrNO/c1-3-4-5-8-16-13-7-6-11(14)9-12(13)10(2)15/h6-7,9-10H,5,8,15H2,1-2H3/t10-/m1/s1. The largest absolute Gasteiger partial charge is 0.492 e. The van der Waals surface area contributed by atoms with E-state index in [9.17, 15) is 0 Å². The van der Waals surface area contributed by atoms with Gasteiger partial charge in [-0.3, -0.25) is 0 Å². The summed E-state index contributed by atoms with van der Waals surface area (Å²) in [4.78, 5) is 0. The Hall–Kier alpha value is -0.980. The fraction of sp³-hybridized carbons (Fsp3) is 0.385. The second-order valence-electron chi connectivity index (χ2n) is 3.50. The molecule has 16 heavy (non-hydrogen) atoms. The van der Waals surface area contributed by atoms with Crippen LogP contribution in [0.3, 0.4) is 0 Å². The van der Waals surface area contributed by atoms with Crippen molar-refractivity contribution >= 4 is 15.9 Å². The van der Waals surface area contributed by atoms with Gasteiger partial charge in [-0.25, -0.2) is 0 Å². The smallest absolute Gasteiger partial charge is 0.124 e. The van der Waals surface area contributed by atoms with Gasteiger partial charge < -0.3 is 10.5 Å². The fourth-order valence-electron chi connectivity index (χ4n) is 1.34. The molecule has 0 fully saturated rings. The highest BCUT2D eigenvalue weighted by molar-refractivity contribution is 9.10. The third-order valence-electron chi connectivity index (χ3n) is 2.12. The lowest BCUT2D eigenvalue weighted by molar-refractivity contribution is 0.322. The third-order valence-corrected chi connectivity index (χ3v) is 2.62. The summed E-state index contributed by atoms with van der Waals surface area (Å²) in [6.45, 7) is 4.37. The van der Waals surface area contributed by atoms with Crippen LogP contribution in [-0.2, 0) is 0 Å². The molecule has 0 spiro atoms. The quantitative estimate of drug-likeness (QED) is 0.679. The molecule has 2 nitrogen and oxygen atoms in total. The van der Waals surface area contributed by atoms with Crippen molar-refractivity contribution < 1.29 is 4.74 Å². The molecule has 2 N–H and O–H groups in total. The molecule has 1 aromatic rings. The Morgan fingerprint density at radius 2 is 2.25 bits per heavy atom. The number of hydrogen-bond acceptors (Lipinski definition) is 2. The van der Waals surface area contributed by atoms with Crippen molar-refractivity contribution in [2.24, 2.45) is 5.73 Å². The number of nitrogens with two attached hydrogens (primary N) is 1. The Bertz CT molecular complexity index is 404. The Kier molecular flexibility index (Phi) is 5.37. The molecule has 0 aliphatic rings. The van der Waals surface area contributed by atoms with Crippen LogP contribution in [0.5, 0.6) is 5.75 Å². The molecule has 3 heteroatoms. The maximum absolute atomic E-state index is 5.89. The van der Waals surface area contributed by atoms with E-state index < -0.39 is 0 Å². The zero-order chi connectivity index (χ0) is 12.0. The van der Waals surface area contributed by atoms with Gasteiger partial charge in [0, 0.05) is 22.5 Å². The Morgan fingerprint density at radius 1 is 1.50 bits per heavy atom. The topological polar surface area (TPSA) is 35.2 Å². The highest BCUT2D eigenvalue weighted by atomic mass is 79.9. The van der Waals surface area contributed by atoms with Gasteiger partial charge in [0.1, 0.15) is 5.75 Å². The summed E-state index contributed by atoms with van der Waals surface area (Å²) in [6, 6.07) is 5.84. The lowest BCUT2D eigenvalue weighted by Crippen LogP contribution is -2.08. The van der Waals surface area contributed by atoms with Crippen LogP contribution in [0, 0.1) is 11.8 Å². The molecule has 86 valence electrons. The molecule has 0 radical (unpaired) electrons. The first-order valence-corrected chi connectivity index (χ1v) is 6.02. The van der Waals surface area contributed by atoms with Gasteiger partial charge in [-0.1, -0.05) is 15.9 Å². The van der Waals surface area contributed by atoms with E-state index >= 15 is 0 Å². The summed E-state index contributed by atoms with van der Waals surface area (Å²) in [6.07, 6.45) is 0.741. The van der Waals surface area contributed by atoms with Gasteiger partial charge in [0.2, 0.25) is 0 Å². The molecule has 0 aliphatic heterocycles. The molecule has 1 rings (SSSR count). The normalized spacial score (nSPS) is 11.5. The second kappa shape index (κ2) is 6.57. The van der Waals surface area contributed by atoms with Gasteiger partial charge in [0.15, 0.2) is 0 Å². The molecular formula is C13H16BrNO. The van der Waals surface area contributed by atoms with Crippen LogP contribution in [0.25, 0.3) is 0 Å². The lowest BCUT2D eigenvalue weighted by Gasteiger charge is -2.13. The van der Waals surface area contributed by atoms with Crippen molar-refractivity contribution in [3.05, 3.63) is 28.2 Å². The molecule has 0 bridgehead atoms. The summed E-state index contributed by atoms with van der Waals surface area (Å²) in [5.74, 6) is 6.64. The zero-order valence-electron chi connectivity index (χ0n) is 9.59. The molecular weight excluding hydrogens is 266 g/mol. The van der Waals surface area contributed by atoms with Crippen molar-refractivity contribution in [1.29, 1.82) is 0 Å². The van der Waals surface area contributed by atoms with Crippen molar-refractivity contribution in [3.63, 3.8) is 0 Å². The molecule has 0 saturated heterocycles. The predicted molar refractivity (Wildman–Crippen MR) is 70.3 cm³/mol. The van der Waals surface area contributed by atoms with Crippen LogP contribution in [0.4, 0.5) is 0 Å². The van der Waals surface area contributed by atoms with Crippen LogP contribution in [-0.4, -0.2) is 6.61 Å². The van der Waals surface area contributed by atoms with Crippen LogP contribution in [0.1, 0.15) is 31.9 Å². The third kappa shape index (κ3) is 3.88. The molecule has 0 saturated carbocycles. The highest BCUT2D eigenvalue weighted by Crippen LogP contribution is 2.27. The predicted octanol–water partition coefficient (Wildman–Crippen LogP) is 3.26. The maximum Gasteiger partial charge on any atom is 0.124 e. The molecule has 1 aromatic carbocycles. The first-order chi connectivity index (χ1) is 7.65. The summed E-state index contributed by atoms with van der Waals surface area (Å²) in [5.41, 5.74) is 6.90. The Morgan fingerprint density at radius 3 is 2.88 bits per heavy atom. The number of halogens is 1. The lowest BCUT2D eigenvalue weighted by atomic mass is 10.1. The van der Waals surface area contributed by atoms with Gasteiger partial charge in [-0.2, -0.15) is 0 Å². The number of rotatable bonds is 4. The molecule has 0 amide bonds. The average Bonchev–Trinajstić information content (AvgIpc) is 2.26. The molecule has 1 atom stereocenters. The minimum absolute atomic E-state index is 0.0373. The summed E-state index contributed by atoms with van der Waals surface area (Å²) in [7, 11) is 0. The van der Waals surface area contributed by atoms with Gasteiger partial charge >= 0.3 is 0 Å². The van der Waals surface area contributed by atoms with Crippen molar-refractivity contribution in [3.8, 4) is 17.6 Å². The summed E-state index contributed by atoms with van der Waals surface area (Å²) < 4.78 is 6.67. The van der Waals surface area contributed by atoms with Gasteiger partial charge in [-0.15, -0.1) is 11.8 Å². The number of benzene rings is 1. The molecule has 0 unspecified atom stereocenters. The van der Waals surface area contributed by atoms with Crippen LogP contribution < -0.4 is 10.5 Å². The average molecular weight is 282 g/mol. The SMILES string of the molecule is CC#CCCOc1ccc(Br)cc1[C@@H](C)N. The van der Waals surface area contributed by atoms with E-state index in [0.717, 1.165) is 22.2 Å². The molecule has 0 aromatic heterocycles. The van der Waals surface area contributed by atoms with Crippen LogP contribution in [0.15, 0.2) is 22.7 Å². The van der Waals surface area contributed by atoms with E-state index in [1.807, 2.05) is 32.0 Å². The van der Waals surface area contributed by atoms with E-state index in [4.69, 9.17) is 10.5 Å². The Balaban J connectivity index is 2.73. The van der Waals surface area contributed by atoms with Crippen LogP contribution in [0.2, 0.25) is 0 Å². The van der Waals surface area contributed by atoms with Crippen LogP contribution >= 0.6 is 15.9 Å². The molecule has 0 aliphatic carbocycles. The van der Waals surface area contributed by atoms with Crippen molar-refractivity contribution in [2.45, 2.75) is 26.3 Å². The molecule has 0 heterocycles. The van der Waals surface area contributed by atoms with Gasteiger partial charge in [0.05, 0.1) is 6.61 Å². The minimum atomic E-state index is -0.0373. The van der Waals surface area contributed by atoms with E-state index in [0.29, 0.717) is 6.61 Å². The van der Waals surface area contributed by atoms with E-state index in [-0.39, 0.29) is 6.04 Å². The van der Waals surface area contributed by atoms with E-state index in [1.54, 1.807) is 0 Å². The maximum atomic E-state index is 5.89. The minimum Gasteiger partial charge on any atom is -0.492 e.